The molecule has 4 saturated carbocycles. The maximum absolute atomic E-state index is 13.1. The summed E-state index contributed by atoms with van der Waals surface area (Å²) >= 11 is 0. The number of anilines is 1. The van der Waals surface area contributed by atoms with Crippen LogP contribution in [0.15, 0.2) is 6.07 Å². The quantitative estimate of drug-likeness (QED) is 0.835. The second kappa shape index (κ2) is 7.24. The van der Waals surface area contributed by atoms with Crippen LogP contribution in [0.1, 0.15) is 69.7 Å². The number of carbonyl (C=O) groups excluding carboxylic acids is 1. The van der Waals surface area contributed by atoms with Gasteiger partial charge in [0.1, 0.15) is 0 Å². The van der Waals surface area contributed by atoms with Gasteiger partial charge in [-0.05, 0) is 101 Å². The number of hydrogen-bond donors (Lipinski definition) is 1. The highest BCUT2D eigenvalue weighted by Crippen LogP contribution is 2.61. The third-order valence-corrected chi connectivity index (χ3v) is 8.48. The van der Waals surface area contributed by atoms with Crippen LogP contribution in [-0.4, -0.2) is 35.0 Å². The summed E-state index contributed by atoms with van der Waals surface area (Å²) in [6.07, 6.45) is 10.2. The van der Waals surface area contributed by atoms with E-state index in [9.17, 15) is 4.79 Å². The fraction of sp³-hybridized carbons (Fsp3) is 0.792. The van der Waals surface area contributed by atoms with E-state index in [4.69, 9.17) is 0 Å². The Kier molecular flexibility index (Phi) is 4.83. The van der Waals surface area contributed by atoms with Crippen molar-refractivity contribution in [3.63, 3.8) is 0 Å². The largest absolute Gasteiger partial charge is 0.353 e. The van der Waals surface area contributed by atoms with Gasteiger partial charge in [-0.15, -0.1) is 0 Å². The number of piperidine rings is 1. The van der Waals surface area contributed by atoms with Gasteiger partial charge >= 0.3 is 0 Å². The summed E-state index contributed by atoms with van der Waals surface area (Å²) in [5.41, 5.74) is 2.41. The van der Waals surface area contributed by atoms with E-state index in [2.05, 4.69) is 27.1 Å². The van der Waals surface area contributed by atoms with Crippen LogP contribution in [0.2, 0.25) is 0 Å². The van der Waals surface area contributed by atoms with E-state index in [1.807, 2.05) is 19.9 Å². The van der Waals surface area contributed by atoms with Gasteiger partial charge in [-0.3, -0.25) is 4.79 Å². The molecular weight excluding hydrogens is 360 g/mol. The topological polar surface area (TPSA) is 58.1 Å². The summed E-state index contributed by atoms with van der Waals surface area (Å²) in [5.74, 6) is 4.04. The maximum Gasteiger partial charge on any atom is 0.225 e. The number of aryl methyl sites for hydroxylation is 2. The van der Waals surface area contributed by atoms with Gasteiger partial charge in [0.25, 0.3) is 0 Å². The summed E-state index contributed by atoms with van der Waals surface area (Å²) in [4.78, 5) is 24.5. The zero-order valence-electron chi connectivity index (χ0n) is 18.3. The molecule has 0 radical (unpaired) electrons. The van der Waals surface area contributed by atoms with Crippen molar-refractivity contribution < 1.29 is 4.79 Å². The summed E-state index contributed by atoms with van der Waals surface area (Å²) in [7, 11) is 0. The van der Waals surface area contributed by atoms with E-state index in [1.165, 1.54) is 38.5 Å². The molecule has 0 aromatic carbocycles. The first kappa shape index (κ1) is 19.3. The third kappa shape index (κ3) is 3.66. The normalized spacial score (nSPS) is 35.0. The van der Waals surface area contributed by atoms with Gasteiger partial charge in [0.05, 0.1) is 0 Å². The van der Waals surface area contributed by atoms with E-state index in [-0.39, 0.29) is 11.8 Å². The Hall–Kier alpha value is -1.65. The zero-order chi connectivity index (χ0) is 20.2. The molecule has 5 heteroatoms. The number of nitrogens with zero attached hydrogens (tertiary/aromatic N) is 3. The fourth-order valence-electron chi connectivity index (χ4n) is 7.38. The van der Waals surface area contributed by atoms with Crippen LogP contribution in [0.3, 0.4) is 0 Å². The van der Waals surface area contributed by atoms with Gasteiger partial charge in [0, 0.05) is 36.4 Å². The van der Waals surface area contributed by atoms with Crippen molar-refractivity contribution in [3.05, 3.63) is 17.5 Å². The average Bonchev–Trinajstić information content (AvgIpc) is 2.66. The van der Waals surface area contributed by atoms with Crippen LogP contribution in [0, 0.1) is 42.9 Å². The van der Waals surface area contributed by atoms with E-state index < -0.39 is 0 Å². The molecule has 1 amide bonds. The number of carbonyl (C=O) groups is 1. The molecule has 4 bridgehead atoms. The Morgan fingerprint density at radius 1 is 1.03 bits per heavy atom. The summed E-state index contributed by atoms with van der Waals surface area (Å²) in [6.45, 7) is 8.07. The first-order valence-electron chi connectivity index (χ1n) is 11.8. The summed E-state index contributed by atoms with van der Waals surface area (Å²) < 4.78 is 0. The molecule has 158 valence electrons. The molecule has 5 nitrogen and oxygen atoms in total. The fourth-order valence-corrected chi connectivity index (χ4v) is 7.38. The average molecular weight is 397 g/mol. The second-order valence-corrected chi connectivity index (χ2v) is 10.7. The monoisotopic (exact) mass is 396 g/mol. The van der Waals surface area contributed by atoms with Crippen molar-refractivity contribution in [1.29, 1.82) is 0 Å². The molecule has 1 aliphatic heterocycles. The lowest BCUT2D eigenvalue weighted by molar-refractivity contribution is -0.130. The summed E-state index contributed by atoms with van der Waals surface area (Å²) in [6, 6.07) is 2.33. The minimum Gasteiger partial charge on any atom is -0.353 e. The molecular formula is C24H36N4O. The minimum absolute atomic E-state index is 0.133. The Morgan fingerprint density at radius 2 is 1.55 bits per heavy atom. The van der Waals surface area contributed by atoms with Crippen molar-refractivity contribution >= 4 is 11.9 Å². The molecule has 1 N–H and O–H groups in total. The molecule has 1 unspecified atom stereocenters. The van der Waals surface area contributed by atoms with Crippen molar-refractivity contribution in [2.45, 2.75) is 78.2 Å². The van der Waals surface area contributed by atoms with Gasteiger partial charge in [-0.2, -0.15) is 0 Å². The maximum atomic E-state index is 13.1. The molecule has 1 aromatic rings. The van der Waals surface area contributed by atoms with Gasteiger partial charge in [-0.1, -0.05) is 0 Å². The molecule has 5 fully saturated rings. The number of rotatable bonds is 4. The van der Waals surface area contributed by atoms with Crippen LogP contribution in [0.4, 0.5) is 5.95 Å². The van der Waals surface area contributed by atoms with Crippen molar-refractivity contribution in [2.75, 3.05) is 18.0 Å². The van der Waals surface area contributed by atoms with Crippen molar-refractivity contribution in [1.82, 2.24) is 15.3 Å². The van der Waals surface area contributed by atoms with Gasteiger partial charge in [-0.25, -0.2) is 9.97 Å². The van der Waals surface area contributed by atoms with Gasteiger partial charge in [0.15, 0.2) is 0 Å². The van der Waals surface area contributed by atoms with Gasteiger partial charge < -0.3 is 10.2 Å². The highest BCUT2D eigenvalue weighted by atomic mass is 16.2. The lowest BCUT2D eigenvalue weighted by atomic mass is 9.48. The molecule has 0 spiro atoms. The lowest BCUT2D eigenvalue weighted by Gasteiger charge is -2.59. The first-order valence-corrected chi connectivity index (χ1v) is 11.8. The lowest BCUT2D eigenvalue weighted by Crippen LogP contribution is -2.56. The highest BCUT2D eigenvalue weighted by molar-refractivity contribution is 5.79. The molecule has 4 aliphatic carbocycles. The number of nitrogens with one attached hydrogen (secondary N) is 1. The standard InChI is InChI=1S/C24H36N4O/c1-15-8-16(2)26-23(25-15)28-6-4-21(5-7-28)22(29)27-17(3)24-12-18-9-19(13-24)11-20(10-18)14-24/h8,17-21H,4-7,9-14H2,1-3H3,(H,27,29). The van der Waals surface area contributed by atoms with Crippen molar-refractivity contribution in [3.8, 4) is 0 Å². The Labute approximate surface area is 175 Å². The second-order valence-electron chi connectivity index (χ2n) is 10.7. The summed E-state index contributed by atoms with van der Waals surface area (Å²) in [5, 5.41) is 3.49. The SMILES string of the molecule is Cc1cc(C)nc(N2CCC(C(=O)NC(C)C34CC5CC(CC(C5)C3)C4)CC2)n1. The molecule has 2 heterocycles. The predicted molar refractivity (Wildman–Crippen MR) is 115 cm³/mol. The molecule has 5 aliphatic rings. The third-order valence-electron chi connectivity index (χ3n) is 8.48. The zero-order valence-corrected chi connectivity index (χ0v) is 18.3. The first-order chi connectivity index (χ1) is 13.9. The van der Waals surface area contributed by atoms with E-state index in [0.717, 1.165) is 61.0 Å². The van der Waals surface area contributed by atoms with E-state index in [0.29, 0.717) is 11.5 Å². The Bertz CT molecular complexity index is 728. The molecule has 29 heavy (non-hydrogen) atoms. The molecule has 6 rings (SSSR count). The highest BCUT2D eigenvalue weighted by Gasteiger charge is 2.53. The number of amides is 1. The van der Waals surface area contributed by atoms with E-state index in [1.54, 1.807) is 0 Å². The van der Waals surface area contributed by atoms with Crippen molar-refractivity contribution in [2.24, 2.45) is 29.1 Å². The van der Waals surface area contributed by atoms with Crippen LogP contribution >= 0.6 is 0 Å². The smallest absolute Gasteiger partial charge is 0.225 e. The van der Waals surface area contributed by atoms with Crippen LogP contribution in [-0.2, 0) is 4.79 Å². The molecule has 1 atom stereocenters. The molecule has 1 aromatic heterocycles. The molecule has 1 saturated heterocycles. The Morgan fingerprint density at radius 3 is 2.07 bits per heavy atom. The van der Waals surface area contributed by atoms with E-state index >= 15 is 0 Å². The number of aromatic nitrogens is 2. The van der Waals surface area contributed by atoms with Crippen LogP contribution in [0.5, 0.6) is 0 Å². The Balaban J connectivity index is 1.18. The number of hydrogen-bond acceptors (Lipinski definition) is 4. The minimum atomic E-state index is 0.133. The van der Waals surface area contributed by atoms with Gasteiger partial charge in [0.2, 0.25) is 11.9 Å². The van der Waals surface area contributed by atoms with Crippen LogP contribution < -0.4 is 10.2 Å². The predicted octanol–water partition coefficient (Wildman–Crippen LogP) is 4.03. The van der Waals surface area contributed by atoms with Crippen LogP contribution in [0.25, 0.3) is 0 Å².